The maximum absolute atomic E-state index is 12.9. The average Bonchev–Trinajstić information content (AvgIpc) is 3.13. The molecule has 1 aromatic carbocycles. The van der Waals surface area contributed by atoms with E-state index in [2.05, 4.69) is 13.8 Å². The summed E-state index contributed by atoms with van der Waals surface area (Å²) in [5, 5.41) is 1.98. The molecular formula is C20H26N2O3S2. The lowest BCUT2D eigenvalue weighted by molar-refractivity contribution is 0.0786. The predicted octanol–water partition coefficient (Wildman–Crippen LogP) is 3.69. The fraction of sp³-hybridized carbons (Fsp3) is 0.450. The van der Waals surface area contributed by atoms with Crippen molar-refractivity contribution in [3.05, 3.63) is 52.2 Å². The third-order valence-corrected chi connectivity index (χ3v) is 7.60. The standard InChI is InChI=1S/C20H26N2O3S2/c1-15-11-16(2)13-22(12-15)27(24,25)19-8-6-17(7-9-19)20(23)21(3)14-18-5-4-10-26-18/h4-10,15-16H,11-14H2,1-3H3. The summed E-state index contributed by atoms with van der Waals surface area (Å²) < 4.78 is 27.4. The van der Waals surface area contributed by atoms with Crippen molar-refractivity contribution in [2.24, 2.45) is 11.8 Å². The summed E-state index contributed by atoms with van der Waals surface area (Å²) in [6.45, 7) is 5.82. The molecule has 7 heteroatoms. The van der Waals surface area contributed by atoms with Crippen molar-refractivity contribution in [1.29, 1.82) is 0 Å². The van der Waals surface area contributed by atoms with Crippen molar-refractivity contribution in [3.8, 4) is 0 Å². The first-order valence-corrected chi connectivity index (χ1v) is 11.5. The van der Waals surface area contributed by atoms with Crippen LogP contribution >= 0.6 is 11.3 Å². The number of rotatable bonds is 5. The number of hydrogen-bond donors (Lipinski definition) is 0. The molecule has 0 bridgehead atoms. The van der Waals surface area contributed by atoms with Crippen molar-refractivity contribution in [2.75, 3.05) is 20.1 Å². The number of piperidine rings is 1. The molecule has 1 aliphatic rings. The Morgan fingerprint density at radius 2 is 1.78 bits per heavy atom. The molecule has 5 nitrogen and oxygen atoms in total. The Hall–Kier alpha value is -1.70. The van der Waals surface area contributed by atoms with Gasteiger partial charge in [0.1, 0.15) is 0 Å². The van der Waals surface area contributed by atoms with Crippen molar-refractivity contribution in [2.45, 2.75) is 31.7 Å². The van der Waals surface area contributed by atoms with E-state index in [1.54, 1.807) is 51.9 Å². The number of hydrogen-bond acceptors (Lipinski definition) is 4. The quantitative estimate of drug-likeness (QED) is 0.761. The van der Waals surface area contributed by atoms with Gasteiger partial charge in [0, 0.05) is 30.6 Å². The van der Waals surface area contributed by atoms with Gasteiger partial charge in [-0.3, -0.25) is 4.79 Å². The molecule has 1 amide bonds. The molecule has 0 spiro atoms. The molecule has 146 valence electrons. The largest absolute Gasteiger partial charge is 0.337 e. The summed E-state index contributed by atoms with van der Waals surface area (Å²) in [5.41, 5.74) is 0.494. The van der Waals surface area contributed by atoms with Gasteiger partial charge >= 0.3 is 0 Å². The number of sulfonamides is 1. The van der Waals surface area contributed by atoms with Crippen LogP contribution in [-0.4, -0.2) is 43.7 Å². The second-order valence-corrected chi connectivity index (χ2v) is 10.5. The molecule has 2 heterocycles. The lowest BCUT2D eigenvalue weighted by Crippen LogP contribution is -2.42. The van der Waals surface area contributed by atoms with Crippen molar-refractivity contribution in [1.82, 2.24) is 9.21 Å². The predicted molar refractivity (Wildman–Crippen MR) is 108 cm³/mol. The van der Waals surface area contributed by atoms with Crippen LogP contribution in [-0.2, 0) is 16.6 Å². The van der Waals surface area contributed by atoms with Crippen molar-refractivity contribution < 1.29 is 13.2 Å². The van der Waals surface area contributed by atoms with Gasteiger partial charge in [-0.05, 0) is 54.0 Å². The maximum atomic E-state index is 12.9. The first-order valence-electron chi connectivity index (χ1n) is 9.15. The van der Waals surface area contributed by atoms with E-state index < -0.39 is 10.0 Å². The number of thiophene rings is 1. The van der Waals surface area contributed by atoms with E-state index in [4.69, 9.17) is 0 Å². The second kappa shape index (κ2) is 8.12. The van der Waals surface area contributed by atoms with Gasteiger partial charge in [-0.15, -0.1) is 11.3 Å². The van der Waals surface area contributed by atoms with E-state index in [0.717, 1.165) is 11.3 Å². The number of amides is 1. The Labute approximate surface area is 165 Å². The van der Waals surface area contributed by atoms with E-state index in [-0.39, 0.29) is 10.8 Å². The molecule has 1 aromatic heterocycles. The van der Waals surface area contributed by atoms with Gasteiger partial charge in [0.25, 0.3) is 5.91 Å². The maximum Gasteiger partial charge on any atom is 0.253 e. The molecule has 1 saturated heterocycles. The van der Waals surface area contributed by atoms with Gasteiger partial charge in [-0.2, -0.15) is 4.31 Å². The van der Waals surface area contributed by atoms with Crippen molar-refractivity contribution in [3.63, 3.8) is 0 Å². The number of carbonyl (C=O) groups is 1. The normalized spacial score (nSPS) is 21.1. The zero-order valence-corrected chi connectivity index (χ0v) is 17.6. The Balaban J connectivity index is 1.73. The molecule has 1 aliphatic heterocycles. The molecule has 1 fully saturated rings. The summed E-state index contributed by atoms with van der Waals surface area (Å²) in [5.74, 6) is 0.595. The molecule has 0 saturated carbocycles. The zero-order valence-electron chi connectivity index (χ0n) is 16.0. The number of nitrogens with zero attached hydrogens (tertiary/aromatic N) is 2. The minimum Gasteiger partial charge on any atom is -0.337 e. The zero-order chi connectivity index (χ0) is 19.6. The molecule has 0 radical (unpaired) electrons. The van der Waals surface area contributed by atoms with Crippen LogP contribution in [0.3, 0.4) is 0 Å². The topological polar surface area (TPSA) is 57.7 Å². The summed E-state index contributed by atoms with van der Waals surface area (Å²) in [6.07, 6.45) is 1.05. The van der Waals surface area contributed by atoms with Gasteiger partial charge in [0.05, 0.1) is 11.4 Å². The van der Waals surface area contributed by atoms with E-state index in [1.165, 1.54) is 0 Å². The fourth-order valence-corrected chi connectivity index (χ4v) is 6.09. The van der Waals surface area contributed by atoms with Crippen LogP contribution < -0.4 is 0 Å². The molecule has 3 rings (SSSR count). The number of benzene rings is 1. The van der Waals surface area contributed by atoms with E-state index >= 15 is 0 Å². The lowest BCUT2D eigenvalue weighted by atomic mass is 9.94. The van der Waals surface area contributed by atoms with Crippen LogP contribution in [0.1, 0.15) is 35.5 Å². The summed E-state index contributed by atoms with van der Waals surface area (Å²) in [6, 6.07) is 10.3. The van der Waals surface area contributed by atoms with Crippen LogP contribution in [0, 0.1) is 11.8 Å². The van der Waals surface area contributed by atoms with Gasteiger partial charge in [0.2, 0.25) is 10.0 Å². The van der Waals surface area contributed by atoms with Gasteiger partial charge < -0.3 is 4.90 Å². The highest BCUT2D eigenvalue weighted by molar-refractivity contribution is 7.89. The average molecular weight is 407 g/mol. The molecule has 2 unspecified atom stereocenters. The van der Waals surface area contributed by atoms with Gasteiger partial charge in [0.15, 0.2) is 0 Å². The second-order valence-electron chi connectivity index (χ2n) is 7.53. The summed E-state index contributed by atoms with van der Waals surface area (Å²) in [7, 11) is -1.77. The van der Waals surface area contributed by atoms with E-state index in [9.17, 15) is 13.2 Å². The minimum atomic E-state index is -3.52. The van der Waals surface area contributed by atoms with Crippen LogP contribution in [0.2, 0.25) is 0 Å². The minimum absolute atomic E-state index is 0.118. The van der Waals surface area contributed by atoms with Crippen molar-refractivity contribution >= 4 is 27.3 Å². The Morgan fingerprint density at radius 1 is 1.15 bits per heavy atom. The van der Waals surface area contributed by atoms with Crippen LogP contribution in [0.15, 0.2) is 46.7 Å². The highest BCUT2D eigenvalue weighted by Gasteiger charge is 2.31. The first-order chi connectivity index (χ1) is 12.8. The van der Waals surface area contributed by atoms with Crippen LogP contribution in [0.5, 0.6) is 0 Å². The van der Waals surface area contributed by atoms with E-state index in [0.29, 0.717) is 37.0 Å². The molecule has 27 heavy (non-hydrogen) atoms. The Bertz CT molecular complexity index is 866. The molecule has 2 atom stereocenters. The molecular weight excluding hydrogens is 380 g/mol. The summed E-state index contributed by atoms with van der Waals surface area (Å²) >= 11 is 1.61. The molecule has 0 aliphatic carbocycles. The third-order valence-electron chi connectivity index (χ3n) is 4.89. The lowest BCUT2D eigenvalue weighted by Gasteiger charge is -2.34. The van der Waals surface area contributed by atoms with Gasteiger partial charge in [-0.1, -0.05) is 19.9 Å². The molecule has 0 N–H and O–H groups in total. The van der Waals surface area contributed by atoms with E-state index in [1.807, 2.05) is 17.5 Å². The third kappa shape index (κ3) is 4.59. The Kier molecular flexibility index (Phi) is 6.03. The smallest absolute Gasteiger partial charge is 0.253 e. The number of carbonyl (C=O) groups excluding carboxylic acids is 1. The first kappa shape index (κ1) is 20.0. The van der Waals surface area contributed by atoms with Gasteiger partial charge in [-0.25, -0.2) is 8.42 Å². The van der Waals surface area contributed by atoms with Crippen LogP contribution in [0.4, 0.5) is 0 Å². The SMILES string of the molecule is CC1CC(C)CN(S(=O)(=O)c2ccc(C(=O)N(C)Cc3cccs3)cc2)C1. The monoisotopic (exact) mass is 406 g/mol. The molecule has 2 aromatic rings. The summed E-state index contributed by atoms with van der Waals surface area (Å²) in [4.78, 5) is 15.6. The highest BCUT2D eigenvalue weighted by atomic mass is 32.2. The van der Waals surface area contributed by atoms with Crippen LogP contribution in [0.25, 0.3) is 0 Å². The fourth-order valence-electron chi connectivity index (χ4n) is 3.65. The highest BCUT2D eigenvalue weighted by Crippen LogP contribution is 2.27. The Morgan fingerprint density at radius 3 is 2.33 bits per heavy atom.